The Bertz CT molecular complexity index is 3240. The molecule has 0 amide bonds. The lowest BCUT2D eigenvalue weighted by atomic mass is 9.81. The van der Waals surface area contributed by atoms with E-state index in [1.165, 1.54) is 86.9 Å². The molecule has 0 radical (unpaired) electrons. The minimum absolute atomic E-state index is 1.11. The maximum atomic E-state index is 2.38. The first kappa shape index (κ1) is 31.3. The number of fused-ring (bicyclic) bond motifs is 9. The van der Waals surface area contributed by atoms with Gasteiger partial charge < -0.3 is 4.90 Å². The van der Waals surface area contributed by atoms with E-state index < -0.39 is 0 Å². The van der Waals surface area contributed by atoms with Crippen molar-refractivity contribution in [3.63, 3.8) is 0 Å². The molecule has 0 unspecified atom stereocenters. The van der Waals surface area contributed by atoms with Crippen LogP contribution < -0.4 is 4.90 Å². The molecule has 0 spiro atoms. The Labute approximate surface area is 320 Å². The summed E-state index contributed by atoms with van der Waals surface area (Å²) in [5, 5.41) is 15.1. The third-order valence-corrected chi connectivity index (χ3v) is 11.4. The van der Waals surface area contributed by atoms with Crippen LogP contribution in [0.15, 0.2) is 212 Å². The zero-order valence-electron chi connectivity index (χ0n) is 30.2. The molecule has 11 aromatic carbocycles. The molecule has 0 saturated heterocycles. The Kier molecular flexibility index (Phi) is 7.25. The van der Waals surface area contributed by atoms with Gasteiger partial charge in [-0.2, -0.15) is 0 Å². The number of rotatable bonds is 5. The van der Waals surface area contributed by atoms with E-state index in [0.717, 1.165) is 17.1 Å². The van der Waals surface area contributed by atoms with E-state index >= 15 is 0 Å². The largest absolute Gasteiger partial charge is 0.310 e. The van der Waals surface area contributed by atoms with E-state index in [1.807, 2.05) is 0 Å². The molecule has 1 nitrogen and oxygen atoms in total. The summed E-state index contributed by atoms with van der Waals surface area (Å²) < 4.78 is 0. The van der Waals surface area contributed by atoms with Gasteiger partial charge in [0.2, 0.25) is 0 Å². The number of benzene rings is 11. The topological polar surface area (TPSA) is 3.24 Å². The van der Waals surface area contributed by atoms with Gasteiger partial charge in [0.1, 0.15) is 0 Å². The van der Waals surface area contributed by atoms with Gasteiger partial charge in [0, 0.05) is 16.8 Å². The second kappa shape index (κ2) is 12.7. The summed E-state index contributed by atoms with van der Waals surface area (Å²) in [6.45, 7) is 0. The molecule has 256 valence electrons. The van der Waals surface area contributed by atoms with E-state index in [-0.39, 0.29) is 0 Å². The quantitative estimate of drug-likeness (QED) is 0.128. The molecule has 0 atom stereocenters. The summed E-state index contributed by atoms with van der Waals surface area (Å²) in [6.07, 6.45) is 0. The summed E-state index contributed by atoms with van der Waals surface area (Å²) >= 11 is 0. The highest BCUT2D eigenvalue weighted by atomic mass is 15.1. The lowest BCUT2D eigenvalue weighted by Gasteiger charge is -2.27. The van der Waals surface area contributed by atoms with Crippen molar-refractivity contribution in [2.24, 2.45) is 0 Å². The van der Waals surface area contributed by atoms with Crippen LogP contribution in [0.3, 0.4) is 0 Å². The molecule has 0 aliphatic carbocycles. The van der Waals surface area contributed by atoms with Crippen LogP contribution in [0.2, 0.25) is 0 Å². The van der Waals surface area contributed by atoms with Gasteiger partial charge in [-0.25, -0.2) is 0 Å². The summed E-state index contributed by atoms with van der Waals surface area (Å²) in [4.78, 5) is 2.38. The number of nitrogens with zero attached hydrogens (tertiary/aromatic N) is 1. The highest BCUT2D eigenvalue weighted by Crippen LogP contribution is 2.51. The lowest BCUT2D eigenvalue weighted by molar-refractivity contribution is 1.30. The van der Waals surface area contributed by atoms with E-state index in [1.54, 1.807) is 0 Å². The Hall–Kier alpha value is -7.22. The van der Waals surface area contributed by atoms with Gasteiger partial charge in [0.05, 0.1) is 5.69 Å². The molecule has 0 aromatic heterocycles. The summed E-state index contributed by atoms with van der Waals surface area (Å²) in [5.41, 5.74) is 8.40. The van der Waals surface area contributed by atoms with Gasteiger partial charge in [0.25, 0.3) is 0 Å². The van der Waals surface area contributed by atoms with Gasteiger partial charge in [-0.3, -0.25) is 0 Å². The predicted molar refractivity (Wildman–Crippen MR) is 237 cm³/mol. The van der Waals surface area contributed by atoms with Crippen LogP contribution in [-0.4, -0.2) is 0 Å². The Morgan fingerprint density at radius 2 is 0.691 bits per heavy atom. The molecule has 11 rings (SSSR count). The van der Waals surface area contributed by atoms with Crippen molar-refractivity contribution in [3.8, 4) is 22.3 Å². The van der Waals surface area contributed by atoms with Crippen molar-refractivity contribution in [1.29, 1.82) is 0 Å². The number of para-hydroxylation sites is 1. The normalized spacial score (nSPS) is 11.6. The standard InChI is InChI=1S/C54H35N/c1-2-20-39(21-3-1)55(50-31-15-19-37-17-5-7-23-42(37)50)40-34-32-38(33-35-40)51-48-28-12-13-29-49(48)52(45-30-14-18-36-16-4-6-22-41(36)45)54-47-27-11-9-25-44(47)43-24-8-10-26-46(43)53(51)54/h1-35H. The molecule has 0 fully saturated rings. The molecule has 0 saturated carbocycles. The molecule has 0 aliphatic rings. The number of anilines is 3. The van der Waals surface area contributed by atoms with Gasteiger partial charge in [-0.15, -0.1) is 0 Å². The molecular weight excluding hydrogens is 663 g/mol. The summed E-state index contributed by atoms with van der Waals surface area (Å²) in [6, 6.07) is 77.7. The minimum atomic E-state index is 1.11. The van der Waals surface area contributed by atoms with Crippen LogP contribution in [0.1, 0.15) is 0 Å². The van der Waals surface area contributed by atoms with Crippen LogP contribution in [0.5, 0.6) is 0 Å². The second-order valence-electron chi connectivity index (χ2n) is 14.4. The highest BCUT2D eigenvalue weighted by Gasteiger charge is 2.23. The van der Waals surface area contributed by atoms with Crippen molar-refractivity contribution in [3.05, 3.63) is 212 Å². The van der Waals surface area contributed by atoms with Crippen molar-refractivity contribution in [2.75, 3.05) is 4.90 Å². The first-order valence-corrected chi connectivity index (χ1v) is 19.0. The molecule has 0 aliphatic heterocycles. The Morgan fingerprint density at radius 1 is 0.255 bits per heavy atom. The molecule has 0 bridgehead atoms. The summed E-state index contributed by atoms with van der Waals surface area (Å²) in [5.74, 6) is 0. The maximum absolute atomic E-state index is 2.38. The average molecular weight is 698 g/mol. The zero-order chi connectivity index (χ0) is 36.3. The first-order valence-electron chi connectivity index (χ1n) is 19.0. The van der Waals surface area contributed by atoms with Gasteiger partial charge >= 0.3 is 0 Å². The fourth-order valence-electron chi connectivity index (χ4n) is 9.06. The van der Waals surface area contributed by atoms with Crippen LogP contribution in [-0.2, 0) is 0 Å². The van der Waals surface area contributed by atoms with Crippen LogP contribution >= 0.6 is 0 Å². The first-order chi connectivity index (χ1) is 27.3. The fourth-order valence-corrected chi connectivity index (χ4v) is 9.06. The maximum Gasteiger partial charge on any atom is 0.0540 e. The van der Waals surface area contributed by atoms with E-state index in [9.17, 15) is 0 Å². The second-order valence-corrected chi connectivity index (χ2v) is 14.4. The van der Waals surface area contributed by atoms with Crippen molar-refractivity contribution < 1.29 is 0 Å². The minimum Gasteiger partial charge on any atom is -0.310 e. The monoisotopic (exact) mass is 697 g/mol. The van der Waals surface area contributed by atoms with Gasteiger partial charge in [-0.05, 0) is 112 Å². The van der Waals surface area contributed by atoms with Gasteiger partial charge in [-0.1, -0.05) is 182 Å². The van der Waals surface area contributed by atoms with Crippen LogP contribution in [0, 0.1) is 0 Å². The van der Waals surface area contributed by atoms with Gasteiger partial charge in [0.15, 0.2) is 0 Å². The molecule has 0 heterocycles. The summed E-state index contributed by atoms with van der Waals surface area (Å²) in [7, 11) is 0. The molecule has 11 aromatic rings. The van der Waals surface area contributed by atoms with Crippen molar-refractivity contribution in [2.45, 2.75) is 0 Å². The Balaban J connectivity index is 1.24. The number of hydrogen-bond acceptors (Lipinski definition) is 1. The average Bonchev–Trinajstić information content (AvgIpc) is 3.26. The van der Waals surface area contributed by atoms with Crippen molar-refractivity contribution in [1.82, 2.24) is 0 Å². The third kappa shape index (κ3) is 4.94. The van der Waals surface area contributed by atoms with Crippen molar-refractivity contribution >= 4 is 81.7 Å². The third-order valence-electron chi connectivity index (χ3n) is 11.4. The van der Waals surface area contributed by atoms with E-state index in [2.05, 4.69) is 217 Å². The molecule has 55 heavy (non-hydrogen) atoms. The predicted octanol–water partition coefficient (Wildman–Crippen LogP) is 15.4. The molecule has 1 heteroatoms. The van der Waals surface area contributed by atoms with E-state index in [0.29, 0.717) is 0 Å². The molecular formula is C54H35N. The van der Waals surface area contributed by atoms with Crippen LogP contribution in [0.25, 0.3) is 86.9 Å². The highest BCUT2D eigenvalue weighted by molar-refractivity contribution is 6.37. The number of hydrogen-bond donors (Lipinski definition) is 0. The lowest BCUT2D eigenvalue weighted by Crippen LogP contribution is -2.10. The van der Waals surface area contributed by atoms with Crippen LogP contribution in [0.4, 0.5) is 17.1 Å². The smallest absolute Gasteiger partial charge is 0.0540 e. The molecule has 0 N–H and O–H groups in total. The zero-order valence-corrected chi connectivity index (χ0v) is 30.2. The fraction of sp³-hybridized carbons (Fsp3) is 0. The SMILES string of the molecule is c1ccc(N(c2ccc(-c3c4ccccc4c(-c4cccc5ccccc45)c4c5ccccc5c5ccccc5c34)cc2)c2cccc3ccccc23)cc1. The van der Waals surface area contributed by atoms with E-state index in [4.69, 9.17) is 0 Å². The Morgan fingerprint density at radius 3 is 1.35 bits per heavy atom.